The van der Waals surface area contributed by atoms with Crippen molar-refractivity contribution >= 4 is 17.7 Å². The van der Waals surface area contributed by atoms with E-state index in [1.165, 1.54) is 22.7 Å². The molecule has 0 radical (unpaired) electrons. The molecule has 1 fully saturated rings. The van der Waals surface area contributed by atoms with Gasteiger partial charge in [0.05, 0.1) is 5.75 Å². The van der Waals surface area contributed by atoms with E-state index >= 15 is 0 Å². The van der Waals surface area contributed by atoms with Crippen LogP contribution >= 0.6 is 11.8 Å². The average molecular weight is 289 g/mol. The summed E-state index contributed by atoms with van der Waals surface area (Å²) in [4.78, 5) is 13.3. The minimum absolute atomic E-state index is 0.0235. The van der Waals surface area contributed by atoms with Crippen LogP contribution in [0.25, 0.3) is 0 Å². The first-order chi connectivity index (χ1) is 8.91. The van der Waals surface area contributed by atoms with Crippen molar-refractivity contribution in [2.75, 3.05) is 12.3 Å². The van der Waals surface area contributed by atoms with Crippen LogP contribution in [0.5, 0.6) is 0 Å². The molecule has 0 aliphatic carbocycles. The third-order valence-electron chi connectivity index (χ3n) is 2.86. The highest BCUT2D eigenvalue weighted by Crippen LogP contribution is 2.40. The van der Waals surface area contributed by atoms with Crippen LogP contribution in [-0.4, -0.2) is 23.1 Å². The molecule has 1 saturated heterocycles. The molecule has 1 aromatic carbocycles. The molecule has 1 aliphatic heterocycles. The molecule has 2 nitrogen and oxygen atoms in total. The first-order valence-corrected chi connectivity index (χ1v) is 7.01. The summed E-state index contributed by atoms with van der Waals surface area (Å²) in [7, 11) is 0. The van der Waals surface area contributed by atoms with E-state index in [-0.39, 0.29) is 23.1 Å². The van der Waals surface area contributed by atoms with Crippen molar-refractivity contribution < 1.29 is 18.0 Å². The summed E-state index contributed by atoms with van der Waals surface area (Å²) in [6, 6.07) is 2.10. The Morgan fingerprint density at radius 1 is 1.32 bits per heavy atom. The maximum Gasteiger partial charge on any atom is 0.233 e. The molecular formula is C13H14F3NOS. The van der Waals surface area contributed by atoms with Gasteiger partial charge in [-0.15, -0.1) is 11.8 Å². The van der Waals surface area contributed by atoms with Gasteiger partial charge in [-0.2, -0.15) is 0 Å². The van der Waals surface area contributed by atoms with Crippen molar-refractivity contribution in [2.45, 2.75) is 19.2 Å². The number of halogens is 3. The summed E-state index contributed by atoms with van der Waals surface area (Å²) in [5, 5.41) is -0.579. The van der Waals surface area contributed by atoms with Gasteiger partial charge >= 0.3 is 0 Å². The predicted molar refractivity (Wildman–Crippen MR) is 68.1 cm³/mol. The maximum atomic E-state index is 13.8. The van der Waals surface area contributed by atoms with Crippen LogP contribution in [0.4, 0.5) is 13.2 Å². The van der Waals surface area contributed by atoms with Crippen molar-refractivity contribution in [3.63, 3.8) is 0 Å². The van der Waals surface area contributed by atoms with E-state index in [1.807, 2.05) is 13.8 Å². The fraction of sp³-hybridized carbons (Fsp3) is 0.462. The molecule has 104 valence electrons. The van der Waals surface area contributed by atoms with Gasteiger partial charge in [-0.25, -0.2) is 13.2 Å². The second kappa shape index (κ2) is 5.45. The lowest BCUT2D eigenvalue weighted by Gasteiger charge is -2.26. The minimum Gasteiger partial charge on any atom is -0.325 e. The van der Waals surface area contributed by atoms with Gasteiger partial charge in [-0.1, -0.05) is 19.9 Å². The van der Waals surface area contributed by atoms with Crippen LogP contribution in [0.15, 0.2) is 12.1 Å². The van der Waals surface area contributed by atoms with Crippen LogP contribution < -0.4 is 0 Å². The Kier molecular flexibility index (Phi) is 4.08. The van der Waals surface area contributed by atoms with Crippen LogP contribution in [-0.2, 0) is 4.79 Å². The van der Waals surface area contributed by atoms with E-state index < -0.39 is 22.8 Å². The number of benzene rings is 1. The summed E-state index contributed by atoms with van der Waals surface area (Å²) in [6.45, 7) is 4.35. The van der Waals surface area contributed by atoms with Crippen molar-refractivity contribution in [3.05, 3.63) is 35.1 Å². The van der Waals surface area contributed by atoms with Gasteiger partial charge in [0.1, 0.15) is 5.37 Å². The molecule has 1 unspecified atom stereocenters. The fourth-order valence-corrected chi connectivity index (χ4v) is 3.25. The predicted octanol–water partition coefficient (Wildman–Crippen LogP) is 3.33. The van der Waals surface area contributed by atoms with Crippen molar-refractivity contribution in [3.8, 4) is 0 Å². The number of amides is 1. The summed E-state index contributed by atoms with van der Waals surface area (Å²) >= 11 is 1.23. The van der Waals surface area contributed by atoms with Gasteiger partial charge in [-0.05, 0) is 12.0 Å². The first kappa shape index (κ1) is 14.2. The van der Waals surface area contributed by atoms with E-state index in [2.05, 4.69) is 0 Å². The molecule has 0 N–H and O–H groups in total. The van der Waals surface area contributed by atoms with E-state index in [4.69, 9.17) is 0 Å². The number of rotatable bonds is 3. The number of nitrogens with zero attached hydrogens (tertiary/aromatic N) is 1. The van der Waals surface area contributed by atoms with Crippen LogP contribution in [0.2, 0.25) is 0 Å². The van der Waals surface area contributed by atoms with Crippen molar-refractivity contribution in [1.29, 1.82) is 0 Å². The van der Waals surface area contributed by atoms with Crippen molar-refractivity contribution in [1.82, 2.24) is 4.90 Å². The molecule has 1 aliphatic rings. The molecule has 0 aromatic heterocycles. The lowest BCUT2D eigenvalue weighted by molar-refractivity contribution is -0.128. The number of hydrogen-bond donors (Lipinski definition) is 0. The standard InChI is InChI=1S/C13H14F3NOS/c1-7(2)5-17-10(18)6-19-13(17)8-3-4-9(14)12(16)11(8)15/h3-4,7,13H,5-6H2,1-2H3. The summed E-state index contributed by atoms with van der Waals surface area (Å²) in [5.74, 6) is -3.56. The Morgan fingerprint density at radius 2 is 2.00 bits per heavy atom. The topological polar surface area (TPSA) is 20.3 Å². The number of hydrogen-bond acceptors (Lipinski definition) is 2. The van der Waals surface area contributed by atoms with E-state index in [9.17, 15) is 18.0 Å². The third-order valence-corrected chi connectivity index (χ3v) is 4.10. The molecule has 0 spiro atoms. The fourth-order valence-electron chi connectivity index (χ4n) is 2.03. The molecule has 1 aromatic rings. The zero-order chi connectivity index (χ0) is 14.2. The number of carbonyl (C=O) groups is 1. The highest BCUT2D eigenvalue weighted by molar-refractivity contribution is 8.00. The Bertz CT molecular complexity index is 507. The molecule has 2 rings (SSSR count). The minimum atomic E-state index is -1.48. The second-order valence-electron chi connectivity index (χ2n) is 4.87. The molecule has 1 heterocycles. The van der Waals surface area contributed by atoms with E-state index in [0.29, 0.717) is 6.54 Å². The lowest BCUT2D eigenvalue weighted by Crippen LogP contribution is -2.32. The maximum absolute atomic E-state index is 13.8. The Balaban J connectivity index is 2.35. The van der Waals surface area contributed by atoms with Crippen LogP contribution in [0, 0.1) is 23.4 Å². The third kappa shape index (κ3) is 2.73. The second-order valence-corrected chi connectivity index (χ2v) is 5.94. The van der Waals surface area contributed by atoms with Gasteiger partial charge in [0.25, 0.3) is 0 Å². The molecule has 19 heavy (non-hydrogen) atoms. The highest BCUT2D eigenvalue weighted by atomic mass is 32.2. The molecule has 0 saturated carbocycles. The number of carbonyl (C=O) groups excluding carboxylic acids is 1. The van der Waals surface area contributed by atoms with E-state index in [1.54, 1.807) is 0 Å². The zero-order valence-corrected chi connectivity index (χ0v) is 11.4. The van der Waals surface area contributed by atoms with Crippen LogP contribution in [0.3, 0.4) is 0 Å². The zero-order valence-electron chi connectivity index (χ0n) is 10.6. The monoisotopic (exact) mass is 289 g/mol. The smallest absolute Gasteiger partial charge is 0.233 e. The highest BCUT2D eigenvalue weighted by Gasteiger charge is 2.35. The summed E-state index contributed by atoms with van der Waals surface area (Å²) in [5.41, 5.74) is 0.0235. The Hall–Kier alpha value is -1.17. The first-order valence-electron chi connectivity index (χ1n) is 5.96. The molecule has 6 heteroatoms. The van der Waals surface area contributed by atoms with Crippen molar-refractivity contribution in [2.24, 2.45) is 5.92 Å². The summed E-state index contributed by atoms with van der Waals surface area (Å²) < 4.78 is 40.0. The normalized spacial score (nSPS) is 19.6. The lowest BCUT2D eigenvalue weighted by atomic mass is 10.1. The molecule has 0 bridgehead atoms. The quantitative estimate of drug-likeness (QED) is 0.796. The Morgan fingerprint density at radius 3 is 2.63 bits per heavy atom. The Labute approximate surface area is 114 Å². The van der Waals surface area contributed by atoms with E-state index in [0.717, 1.165) is 6.07 Å². The van der Waals surface area contributed by atoms with Crippen LogP contribution in [0.1, 0.15) is 24.8 Å². The molecular weight excluding hydrogens is 275 g/mol. The molecule has 1 amide bonds. The molecule has 1 atom stereocenters. The van der Waals surface area contributed by atoms with Gasteiger partial charge < -0.3 is 4.90 Å². The summed E-state index contributed by atoms with van der Waals surface area (Å²) in [6.07, 6.45) is 0. The van der Waals surface area contributed by atoms with Gasteiger partial charge in [0.2, 0.25) is 5.91 Å². The SMILES string of the molecule is CC(C)CN1C(=O)CSC1c1ccc(F)c(F)c1F. The largest absolute Gasteiger partial charge is 0.325 e. The number of thioether (sulfide) groups is 1. The average Bonchev–Trinajstić information content (AvgIpc) is 2.68. The van der Waals surface area contributed by atoms with Gasteiger partial charge in [0, 0.05) is 12.1 Å². The van der Waals surface area contributed by atoms with Gasteiger partial charge in [0.15, 0.2) is 17.5 Å². The van der Waals surface area contributed by atoms with Gasteiger partial charge in [-0.3, -0.25) is 4.79 Å².